The summed E-state index contributed by atoms with van der Waals surface area (Å²) in [5, 5.41) is 18.0. The van der Waals surface area contributed by atoms with Crippen molar-refractivity contribution in [3.05, 3.63) is 142 Å². The predicted molar refractivity (Wildman–Crippen MR) is 382 cm³/mol. The quantitative estimate of drug-likeness (QED) is 0.0883. The lowest BCUT2D eigenvalue weighted by Crippen LogP contribution is -2.84. The van der Waals surface area contributed by atoms with Crippen LogP contribution >= 0.6 is 27.5 Å². The maximum absolute atomic E-state index is 14.5. The molecule has 2 aliphatic carbocycles. The van der Waals surface area contributed by atoms with Crippen molar-refractivity contribution in [2.45, 2.75) is 100 Å². The highest BCUT2D eigenvalue weighted by molar-refractivity contribution is 9.09. The normalized spacial score (nSPS) is 17.1. The van der Waals surface area contributed by atoms with Gasteiger partial charge in [-0.3, -0.25) is 19.4 Å². The highest BCUT2D eigenvalue weighted by atomic mass is 79.9. The van der Waals surface area contributed by atoms with Gasteiger partial charge in [-0.2, -0.15) is 18.4 Å². The lowest BCUT2D eigenvalue weighted by molar-refractivity contribution is -0.140. The zero-order chi connectivity index (χ0) is 66.9. The van der Waals surface area contributed by atoms with Crippen LogP contribution in [0.1, 0.15) is 93.2 Å². The zero-order valence-electron chi connectivity index (χ0n) is 50.7. The number of carbonyl (C=O) groups excluding carboxylic acids is 1. The Kier molecular flexibility index (Phi) is 31.4. The molecule has 2 saturated heterocycles. The number of rotatable bonds is 19. The summed E-state index contributed by atoms with van der Waals surface area (Å²) in [5.41, 5.74) is -0.0497. The van der Waals surface area contributed by atoms with Crippen molar-refractivity contribution in [2.24, 2.45) is 0 Å². The highest BCUT2D eigenvalue weighted by Crippen LogP contribution is 2.51. The van der Waals surface area contributed by atoms with Crippen LogP contribution in [0.15, 0.2) is 97.1 Å². The summed E-state index contributed by atoms with van der Waals surface area (Å²) in [7, 11) is 76.2. The van der Waals surface area contributed by atoms with E-state index in [0.717, 1.165) is 43.4 Å². The van der Waals surface area contributed by atoms with Gasteiger partial charge in [0.2, 0.25) is 5.91 Å². The van der Waals surface area contributed by atoms with E-state index in [0.29, 0.717) is 61.3 Å². The molecule has 4 aromatic rings. The highest BCUT2D eigenvalue weighted by Gasteiger charge is 2.56. The van der Waals surface area contributed by atoms with E-state index in [1.807, 2.05) is 11.0 Å². The second-order valence-corrected chi connectivity index (χ2v) is 24.9. The molecule has 39 heteroatoms. The number of benzene rings is 4. The molecule has 8 rings (SSSR count). The van der Waals surface area contributed by atoms with Gasteiger partial charge in [-0.1, -0.05) is 82.7 Å². The van der Waals surface area contributed by atoms with Gasteiger partial charge in [0.25, 0.3) is 0 Å². The topological polar surface area (TPSA) is 87.9 Å². The van der Waals surface area contributed by atoms with Crippen molar-refractivity contribution in [2.75, 3.05) is 43.9 Å². The van der Waals surface area contributed by atoms with Crippen LogP contribution in [0.3, 0.4) is 0 Å². The third-order valence-electron chi connectivity index (χ3n) is 17.6. The molecule has 7 nitrogen and oxygen atoms in total. The number of hydrogen-bond donors (Lipinski definition) is 1. The molecule has 4 aromatic carbocycles. The molecule has 2 saturated carbocycles. The van der Waals surface area contributed by atoms with Crippen molar-refractivity contribution >= 4 is 210 Å². The van der Waals surface area contributed by atoms with Crippen molar-refractivity contribution in [3.8, 4) is 6.07 Å². The van der Waals surface area contributed by atoms with Gasteiger partial charge < -0.3 is 10.0 Å². The number of carboxylic acid groups (broad SMARTS) is 1. The number of piperidine rings is 1. The number of nitrogens with zero attached hydrogens (tertiary/aromatic N) is 4. The average Bonchev–Trinajstić information content (AvgIpc) is 1.67. The van der Waals surface area contributed by atoms with Crippen LogP contribution in [0.25, 0.3) is 0 Å². The molecule has 0 aromatic heterocycles. The maximum atomic E-state index is 14.5. The van der Waals surface area contributed by atoms with Gasteiger partial charge in [0.05, 0.1) is 28.9 Å². The average molecular weight is 1250 g/mol. The third-order valence-corrected chi connectivity index (χ3v) is 18.7. The molecular formula is C50H56B24BrClF6N4O3. The first-order valence-corrected chi connectivity index (χ1v) is 31.1. The summed E-state index contributed by atoms with van der Waals surface area (Å²) < 4.78 is 79.2. The summed E-state index contributed by atoms with van der Waals surface area (Å²) in [6.07, 6.45) is -9.50. The monoisotopic (exact) mass is 1250 g/mol. The molecule has 2 heterocycles. The summed E-state index contributed by atoms with van der Waals surface area (Å²) >= 11 is 8.26. The number of alkyl halides is 5. The van der Waals surface area contributed by atoms with Gasteiger partial charge in [-0.05, 0) is 95.2 Å². The Balaban J connectivity index is 0.000000280. The van der Waals surface area contributed by atoms with Gasteiger partial charge in [0.1, 0.15) is 17.5 Å². The Bertz CT molecular complexity index is 2870. The van der Waals surface area contributed by atoms with Crippen LogP contribution in [0.5, 0.6) is 0 Å². The Morgan fingerprint density at radius 3 is 1.44 bits per heavy atom. The smallest absolute Gasteiger partial charge is 0.416 e. The minimum Gasteiger partial charge on any atom is -0.481 e. The number of aliphatic carboxylic acids is 1. The molecule has 0 bridgehead atoms. The second kappa shape index (κ2) is 35.6. The fraction of sp³-hybridized carbons (Fsp3) is 0.460. The molecule has 0 spiro atoms. The molecule has 1 N–H and O–H groups in total. The van der Waals surface area contributed by atoms with Gasteiger partial charge in [-0.25, -0.2) is 13.2 Å². The fourth-order valence-corrected chi connectivity index (χ4v) is 12.2. The lowest BCUT2D eigenvalue weighted by atomic mass is 8.35. The van der Waals surface area contributed by atoms with Crippen molar-refractivity contribution in [1.29, 1.82) is 5.26 Å². The summed E-state index contributed by atoms with van der Waals surface area (Å²) in [6, 6.07) is 26.7. The van der Waals surface area contributed by atoms with E-state index in [-0.39, 0.29) is 41.6 Å². The summed E-state index contributed by atoms with van der Waals surface area (Å²) in [6.45, 7) is 10.4. The van der Waals surface area contributed by atoms with Gasteiger partial charge >= 0.3 is 12.1 Å². The molecule has 4 aliphatic rings. The molecule has 422 valence electrons. The number of carbonyl (C=O) groups is 2. The Morgan fingerprint density at radius 2 is 1.08 bits per heavy atom. The Labute approximate surface area is 560 Å². The van der Waals surface area contributed by atoms with Gasteiger partial charge in [-0.15, -0.1) is 11.6 Å². The van der Waals surface area contributed by atoms with Crippen LogP contribution in [-0.4, -0.2) is 258 Å². The van der Waals surface area contributed by atoms with E-state index >= 15 is 0 Å². The molecule has 26 radical (unpaired) electrons. The standard InChI is InChI=1S/C30H37F4N3O.C10H9FO2.C8H6FN.C2H4BrCl.B24/c1-21-20-36(18-19-37(21)22(2)23-8-10-24(11-9-23)30(32,33)34)28(3)14-16-35(17-15-28)27(38)29(12-13-29)25-6-4-5-7-26(25)31;11-8-4-2-1-3-7(8)10(5-6-10)9(12)13;9-8-4-2-1-3-7(8)5-6-10;3-1-2-4;1-14(2)20(13)23(19(11)12)24(21(15(3)4)16(5)6)22(17(7)8)18(9)10/h4-11,21-22H,12-20H2,1-3H3;1-4H,5-6H2,(H,12,13);1-4H,5H2;1-2H2;/t21-,22-;;;;/m0..../s1. The minimum atomic E-state index is -4.33. The second-order valence-electron chi connectivity index (χ2n) is 23.7. The lowest BCUT2D eigenvalue weighted by Gasteiger charge is -2.52. The summed E-state index contributed by atoms with van der Waals surface area (Å²) in [4.78, 5) is 31.2. The Morgan fingerprint density at radius 1 is 0.652 bits per heavy atom. The van der Waals surface area contributed by atoms with Gasteiger partial charge in [0.15, 0.2) is 0 Å². The molecule has 89 heavy (non-hydrogen) atoms. The predicted octanol–water partition coefficient (Wildman–Crippen LogP) is 2.34. The van der Waals surface area contributed by atoms with E-state index in [1.54, 1.807) is 66.7 Å². The zero-order valence-corrected chi connectivity index (χ0v) is 53.1. The summed E-state index contributed by atoms with van der Waals surface area (Å²) in [5.74, 6) is -1.16. The van der Waals surface area contributed by atoms with Gasteiger partial charge in [0, 0.05) is 249 Å². The van der Waals surface area contributed by atoms with Crippen molar-refractivity contribution < 1.29 is 41.0 Å². The minimum absolute atomic E-state index is 0.0230. The van der Waals surface area contributed by atoms with E-state index in [4.69, 9.17) is 123 Å². The van der Waals surface area contributed by atoms with E-state index in [1.165, 1.54) is 30.3 Å². The molecule has 4 fully saturated rings. The number of carboxylic acids is 1. The first-order chi connectivity index (χ1) is 41.7. The number of amides is 1. The fourth-order valence-electron chi connectivity index (χ4n) is 12.2. The van der Waals surface area contributed by atoms with Crippen LogP contribution < -0.4 is 0 Å². The van der Waals surface area contributed by atoms with Crippen LogP contribution in [0, 0.1) is 28.8 Å². The van der Waals surface area contributed by atoms with Crippen molar-refractivity contribution in [3.63, 3.8) is 0 Å². The SMILES string of the molecule is C[C@H]1CN(C2(C)CCN(C(=O)C3(c4ccccc4F)CC3)CC2)CCN1[C@@H](C)c1ccc(C(F)(F)F)cc1.ClCCBr.N#CCc1ccccc1F.O=C(O)C1(c2ccccc2F)CC1.[B]B([B])B([B])B(B([B])[B])B(B(B([B])[B])B([B])[B])B(B([B])[B])B([B])[B]. The first kappa shape index (κ1) is 78.6. The van der Waals surface area contributed by atoms with E-state index < -0.39 is 105 Å². The van der Waals surface area contributed by atoms with Crippen LogP contribution in [0.2, 0.25) is 0 Å². The van der Waals surface area contributed by atoms with E-state index in [9.17, 15) is 35.9 Å². The Hall–Kier alpha value is -2.86. The molecule has 2 atom stereocenters. The molecule has 2 aliphatic heterocycles. The maximum Gasteiger partial charge on any atom is 0.416 e. The van der Waals surface area contributed by atoms with Crippen LogP contribution in [-0.2, 0) is 33.0 Å². The van der Waals surface area contributed by atoms with Crippen LogP contribution in [0.4, 0.5) is 26.3 Å². The first-order valence-electron chi connectivity index (χ1n) is 29.5. The number of piperazine rings is 1. The number of nitriles is 1. The number of likely N-dealkylation sites (tertiary alicyclic amines) is 1. The number of hydrogen-bond acceptors (Lipinski definition) is 5. The third kappa shape index (κ3) is 21.1. The molecule has 0 unspecified atom stereocenters. The molecular weight excluding hydrogens is 1190 g/mol. The number of halogens is 8. The van der Waals surface area contributed by atoms with Crippen molar-refractivity contribution in [1.82, 2.24) is 14.7 Å². The largest absolute Gasteiger partial charge is 0.481 e. The molecule has 1 amide bonds. The van der Waals surface area contributed by atoms with E-state index in [2.05, 4.69) is 46.5 Å².